The Morgan fingerprint density at radius 2 is 2.05 bits per heavy atom. The number of benzene rings is 1. The third kappa shape index (κ3) is 3.23. The van der Waals surface area contributed by atoms with Crippen LogP contribution in [0.2, 0.25) is 0 Å². The second-order valence-electron chi connectivity index (χ2n) is 4.90. The van der Waals surface area contributed by atoms with Gasteiger partial charge in [-0.15, -0.1) is 0 Å². The summed E-state index contributed by atoms with van der Waals surface area (Å²) in [6, 6.07) is 9.88. The van der Waals surface area contributed by atoms with Crippen molar-refractivity contribution in [2.75, 3.05) is 7.05 Å². The van der Waals surface area contributed by atoms with Crippen LogP contribution in [0.4, 0.5) is 0 Å². The van der Waals surface area contributed by atoms with Gasteiger partial charge in [-0.1, -0.05) is 37.3 Å². The van der Waals surface area contributed by atoms with Crippen molar-refractivity contribution >= 4 is 5.91 Å². The molecule has 1 aromatic heterocycles. The minimum Gasteiger partial charge on any atom is -0.338 e. The number of aromatic amines is 1. The van der Waals surface area contributed by atoms with Gasteiger partial charge in [0, 0.05) is 7.05 Å². The zero-order valence-electron chi connectivity index (χ0n) is 12.1. The molecule has 0 saturated heterocycles. The van der Waals surface area contributed by atoms with Crippen LogP contribution in [0.3, 0.4) is 0 Å². The van der Waals surface area contributed by atoms with E-state index in [-0.39, 0.29) is 11.8 Å². The zero-order chi connectivity index (χ0) is 14.5. The van der Waals surface area contributed by atoms with E-state index in [4.69, 9.17) is 0 Å². The molecular formula is C15H20N4O. The quantitative estimate of drug-likeness (QED) is 0.908. The van der Waals surface area contributed by atoms with E-state index >= 15 is 0 Å². The summed E-state index contributed by atoms with van der Waals surface area (Å²) in [7, 11) is 1.79. The van der Waals surface area contributed by atoms with Crippen LogP contribution in [-0.4, -0.2) is 33.0 Å². The van der Waals surface area contributed by atoms with E-state index in [1.54, 1.807) is 11.9 Å². The van der Waals surface area contributed by atoms with Gasteiger partial charge in [0.1, 0.15) is 5.82 Å². The lowest BCUT2D eigenvalue weighted by molar-refractivity contribution is -0.132. The summed E-state index contributed by atoms with van der Waals surface area (Å²) in [5, 5.41) is 6.85. The van der Waals surface area contributed by atoms with E-state index in [0.717, 1.165) is 17.8 Å². The second kappa shape index (κ2) is 6.32. The highest BCUT2D eigenvalue weighted by Crippen LogP contribution is 2.21. The fourth-order valence-corrected chi connectivity index (χ4v) is 2.25. The van der Waals surface area contributed by atoms with Crippen molar-refractivity contribution in [1.29, 1.82) is 0 Å². The molecule has 20 heavy (non-hydrogen) atoms. The molecule has 0 radical (unpaired) electrons. The van der Waals surface area contributed by atoms with Crippen LogP contribution in [0.15, 0.2) is 30.3 Å². The molecule has 0 spiro atoms. The minimum absolute atomic E-state index is 0.0983. The van der Waals surface area contributed by atoms with Crippen molar-refractivity contribution in [1.82, 2.24) is 20.1 Å². The molecule has 0 saturated carbocycles. The van der Waals surface area contributed by atoms with Crippen LogP contribution in [0.1, 0.15) is 36.5 Å². The first-order chi connectivity index (χ1) is 9.61. The summed E-state index contributed by atoms with van der Waals surface area (Å²) in [6.07, 6.45) is 0.778. The summed E-state index contributed by atoms with van der Waals surface area (Å²) in [4.78, 5) is 18.5. The molecule has 1 aromatic carbocycles. The molecule has 5 nitrogen and oxygen atoms in total. The van der Waals surface area contributed by atoms with E-state index < -0.39 is 0 Å². The van der Waals surface area contributed by atoms with Crippen molar-refractivity contribution in [3.8, 4) is 0 Å². The first-order valence-corrected chi connectivity index (χ1v) is 6.79. The Balaban J connectivity index is 2.08. The van der Waals surface area contributed by atoms with E-state index in [9.17, 15) is 4.79 Å². The number of rotatable bonds is 5. The molecule has 5 heteroatoms. The predicted octanol–water partition coefficient (Wildman–Crippen LogP) is 2.27. The van der Waals surface area contributed by atoms with Gasteiger partial charge in [0.05, 0.1) is 12.5 Å². The highest BCUT2D eigenvalue weighted by atomic mass is 16.2. The van der Waals surface area contributed by atoms with Gasteiger partial charge < -0.3 is 4.90 Å². The number of nitrogens with zero attached hydrogens (tertiary/aromatic N) is 3. The molecule has 0 fully saturated rings. The number of likely N-dealkylation sites (N-methyl/N-ethyl adjacent to an activating group) is 1. The van der Waals surface area contributed by atoms with Crippen molar-refractivity contribution < 1.29 is 4.79 Å². The molecule has 0 aliphatic heterocycles. The third-order valence-corrected chi connectivity index (χ3v) is 3.31. The average molecular weight is 272 g/mol. The molecule has 2 rings (SSSR count). The van der Waals surface area contributed by atoms with Crippen molar-refractivity contribution in [2.45, 2.75) is 32.7 Å². The number of nitrogens with one attached hydrogen (secondary N) is 1. The highest BCUT2D eigenvalue weighted by Gasteiger charge is 2.22. The van der Waals surface area contributed by atoms with Gasteiger partial charge in [-0.05, 0) is 18.9 Å². The first kappa shape index (κ1) is 14.2. The van der Waals surface area contributed by atoms with Crippen LogP contribution in [-0.2, 0) is 11.3 Å². The van der Waals surface area contributed by atoms with Gasteiger partial charge in [-0.25, -0.2) is 4.98 Å². The molecule has 1 amide bonds. The Morgan fingerprint density at radius 3 is 2.60 bits per heavy atom. The summed E-state index contributed by atoms with van der Waals surface area (Å²) in [5.41, 5.74) is 1.05. The van der Waals surface area contributed by atoms with Crippen LogP contribution < -0.4 is 0 Å². The molecule has 1 unspecified atom stereocenters. The minimum atomic E-state index is -0.110. The van der Waals surface area contributed by atoms with Gasteiger partial charge in [0.15, 0.2) is 5.82 Å². The lowest BCUT2D eigenvalue weighted by Crippen LogP contribution is -2.31. The summed E-state index contributed by atoms with van der Waals surface area (Å²) >= 11 is 0. The SMILES string of the molecule is CCC(C(=O)N(C)Cc1n[nH]c(C)n1)c1ccccc1. The van der Waals surface area contributed by atoms with Crippen LogP contribution in [0.5, 0.6) is 0 Å². The average Bonchev–Trinajstić information content (AvgIpc) is 2.86. The van der Waals surface area contributed by atoms with Crippen LogP contribution >= 0.6 is 0 Å². The van der Waals surface area contributed by atoms with Gasteiger partial charge >= 0.3 is 0 Å². The first-order valence-electron chi connectivity index (χ1n) is 6.79. The monoisotopic (exact) mass is 272 g/mol. The van der Waals surface area contributed by atoms with Crippen molar-refractivity contribution in [3.63, 3.8) is 0 Å². The topological polar surface area (TPSA) is 61.9 Å². The predicted molar refractivity (Wildman–Crippen MR) is 77.1 cm³/mol. The Labute approximate surface area is 119 Å². The molecule has 1 heterocycles. The van der Waals surface area contributed by atoms with E-state index in [1.807, 2.05) is 44.2 Å². The zero-order valence-corrected chi connectivity index (χ0v) is 12.1. The molecule has 0 aliphatic carbocycles. The Bertz CT molecular complexity index is 564. The highest BCUT2D eigenvalue weighted by molar-refractivity contribution is 5.83. The summed E-state index contributed by atoms with van der Waals surface area (Å²) in [6.45, 7) is 4.30. The molecule has 2 aromatic rings. The third-order valence-electron chi connectivity index (χ3n) is 3.31. The van der Waals surface area contributed by atoms with E-state index in [0.29, 0.717) is 12.4 Å². The molecule has 0 bridgehead atoms. The fourth-order valence-electron chi connectivity index (χ4n) is 2.25. The maximum atomic E-state index is 12.5. The van der Waals surface area contributed by atoms with Crippen LogP contribution in [0, 0.1) is 6.92 Å². The van der Waals surface area contributed by atoms with Gasteiger partial charge in [-0.3, -0.25) is 9.89 Å². The van der Waals surface area contributed by atoms with Crippen molar-refractivity contribution in [3.05, 3.63) is 47.5 Å². The number of amides is 1. The number of aromatic nitrogens is 3. The lowest BCUT2D eigenvalue weighted by Gasteiger charge is -2.22. The number of carbonyl (C=O) groups excluding carboxylic acids is 1. The van der Waals surface area contributed by atoms with Gasteiger partial charge in [0.2, 0.25) is 5.91 Å². The maximum absolute atomic E-state index is 12.5. The van der Waals surface area contributed by atoms with E-state index in [2.05, 4.69) is 15.2 Å². The summed E-state index contributed by atoms with van der Waals surface area (Å²) < 4.78 is 0. The number of carbonyl (C=O) groups is 1. The molecule has 1 atom stereocenters. The normalized spacial score (nSPS) is 12.2. The smallest absolute Gasteiger partial charge is 0.230 e. The summed E-state index contributed by atoms with van der Waals surface area (Å²) in [5.74, 6) is 1.39. The van der Waals surface area contributed by atoms with Gasteiger partial charge in [0.25, 0.3) is 0 Å². The molecular weight excluding hydrogens is 252 g/mol. The Kier molecular flexibility index (Phi) is 4.50. The van der Waals surface area contributed by atoms with Crippen molar-refractivity contribution in [2.24, 2.45) is 0 Å². The fraction of sp³-hybridized carbons (Fsp3) is 0.400. The van der Waals surface area contributed by atoms with Gasteiger partial charge in [-0.2, -0.15) is 5.10 Å². The number of hydrogen-bond acceptors (Lipinski definition) is 3. The largest absolute Gasteiger partial charge is 0.338 e. The van der Waals surface area contributed by atoms with Crippen LogP contribution in [0.25, 0.3) is 0 Å². The molecule has 106 valence electrons. The number of hydrogen-bond donors (Lipinski definition) is 1. The number of aryl methyl sites for hydroxylation is 1. The maximum Gasteiger partial charge on any atom is 0.230 e. The Morgan fingerprint density at radius 1 is 1.35 bits per heavy atom. The number of H-pyrrole nitrogens is 1. The second-order valence-corrected chi connectivity index (χ2v) is 4.90. The lowest BCUT2D eigenvalue weighted by atomic mass is 9.95. The van der Waals surface area contributed by atoms with E-state index in [1.165, 1.54) is 0 Å². The standard InChI is InChI=1S/C15H20N4O/c1-4-13(12-8-6-5-7-9-12)15(20)19(3)10-14-16-11(2)17-18-14/h5-9,13H,4,10H2,1-3H3,(H,16,17,18). The Hall–Kier alpha value is -2.17. The molecule has 0 aliphatic rings. The molecule has 1 N–H and O–H groups in total.